The van der Waals surface area contributed by atoms with E-state index < -0.39 is 10.0 Å². The molecule has 1 unspecified atom stereocenters. The Morgan fingerprint density at radius 1 is 1.37 bits per heavy atom. The smallest absolute Gasteiger partial charge is 0.214 e. The second-order valence-electron chi connectivity index (χ2n) is 4.59. The van der Waals surface area contributed by atoms with Crippen molar-refractivity contribution in [2.75, 3.05) is 12.8 Å². The molecule has 0 aliphatic heterocycles. The topological polar surface area (TPSA) is 63.4 Å². The summed E-state index contributed by atoms with van der Waals surface area (Å²) >= 11 is 4.81. The molecule has 4 nitrogen and oxygen atoms in total. The number of aryl methyl sites for hydroxylation is 1. The maximum absolute atomic E-state index is 12.2. The van der Waals surface area contributed by atoms with Crippen LogP contribution in [0.15, 0.2) is 30.3 Å². The summed E-state index contributed by atoms with van der Waals surface area (Å²) in [6, 6.07) is 9.36. The van der Waals surface area contributed by atoms with Gasteiger partial charge in [-0.05, 0) is 18.9 Å². The van der Waals surface area contributed by atoms with Gasteiger partial charge in [0.15, 0.2) is 0 Å². The summed E-state index contributed by atoms with van der Waals surface area (Å²) in [5.74, 6) is 0.0924. The lowest BCUT2D eigenvalue weighted by Gasteiger charge is -2.23. The number of hydrogen-bond acceptors (Lipinski definition) is 3. The van der Waals surface area contributed by atoms with Gasteiger partial charge in [0, 0.05) is 19.5 Å². The fourth-order valence-corrected chi connectivity index (χ4v) is 3.38. The van der Waals surface area contributed by atoms with Gasteiger partial charge in [-0.15, -0.1) is 0 Å². The maximum Gasteiger partial charge on any atom is 0.214 e. The molecule has 0 radical (unpaired) electrons. The molecule has 0 saturated heterocycles. The van der Waals surface area contributed by atoms with Crippen LogP contribution in [0.4, 0.5) is 0 Å². The average Bonchev–Trinajstić information content (AvgIpc) is 2.36. The highest BCUT2D eigenvalue weighted by Crippen LogP contribution is 2.10. The highest BCUT2D eigenvalue weighted by atomic mass is 32.2. The van der Waals surface area contributed by atoms with Gasteiger partial charge in [0.1, 0.15) is 0 Å². The van der Waals surface area contributed by atoms with Crippen molar-refractivity contribution in [1.82, 2.24) is 4.31 Å². The summed E-state index contributed by atoms with van der Waals surface area (Å²) in [7, 11) is -1.71. The van der Waals surface area contributed by atoms with E-state index in [4.69, 9.17) is 18.0 Å². The van der Waals surface area contributed by atoms with Crippen LogP contribution in [-0.2, 0) is 16.4 Å². The van der Waals surface area contributed by atoms with Crippen LogP contribution in [0.1, 0.15) is 18.9 Å². The quantitative estimate of drug-likeness (QED) is 0.776. The maximum atomic E-state index is 12.2. The number of thiocarbonyl (C=S) groups is 1. The van der Waals surface area contributed by atoms with E-state index in [1.165, 1.54) is 4.31 Å². The first kappa shape index (κ1) is 16.1. The number of nitrogens with zero attached hydrogens (tertiary/aromatic N) is 1. The molecular weight excluding hydrogens is 280 g/mol. The van der Waals surface area contributed by atoms with Crippen LogP contribution in [0.5, 0.6) is 0 Å². The Morgan fingerprint density at radius 2 is 1.95 bits per heavy atom. The molecule has 6 heteroatoms. The van der Waals surface area contributed by atoms with Gasteiger partial charge in [0.25, 0.3) is 0 Å². The van der Waals surface area contributed by atoms with Gasteiger partial charge in [-0.25, -0.2) is 12.7 Å². The van der Waals surface area contributed by atoms with Crippen molar-refractivity contribution in [1.29, 1.82) is 0 Å². The lowest BCUT2D eigenvalue weighted by Crippen LogP contribution is -2.39. The molecule has 0 amide bonds. The summed E-state index contributed by atoms with van der Waals surface area (Å²) in [5, 5.41) is 0. The Labute approximate surface area is 120 Å². The minimum atomic E-state index is -3.29. The third-order valence-electron chi connectivity index (χ3n) is 3.05. The van der Waals surface area contributed by atoms with E-state index >= 15 is 0 Å². The van der Waals surface area contributed by atoms with E-state index in [0.717, 1.165) is 5.56 Å². The standard InChI is InChI=1S/C13H20N2O2S2/c1-11(10-13(14)18)15(2)19(16,17)9-8-12-6-4-3-5-7-12/h3-7,11H,8-10H2,1-2H3,(H2,14,18). The van der Waals surface area contributed by atoms with Crippen molar-refractivity contribution in [3.63, 3.8) is 0 Å². The molecule has 1 rings (SSSR count). The van der Waals surface area contributed by atoms with Crippen molar-refractivity contribution >= 4 is 27.2 Å². The molecule has 2 N–H and O–H groups in total. The van der Waals surface area contributed by atoms with E-state index in [1.807, 2.05) is 30.3 Å². The molecule has 0 bridgehead atoms. The van der Waals surface area contributed by atoms with Crippen LogP contribution in [0, 0.1) is 0 Å². The van der Waals surface area contributed by atoms with Crippen molar-refractivity contribution in [2.24, 2.45) is 5.73 Å². The normalized spacial score (nSPS) is 13.4. The van der Waals surface area contributed by atoms with Crippen LogP contribution in [0.25, 0.3) is 0 Å². The largest absolute Gasteiger partial charge is 0.393 e. The van der Waals surface area contributed by atoms with E-state index in [-0.39, 0.29) is 11.8 Å². The highest BCUT2D eigenvalue weighted by molar-refractivity contribution is 7.89. The van der Waals surface area contributed by atoms with Crippen molar-refractivity contribution in [3.8, 4) is 0 Å². The van der Waals surface area contributed by atoms with Gasteiger partial charge in [-0.1, -0.05) is 42.5 Å². The summed E-state index contributed by atoms with van der Waals surface area (Å²) in [6.45, 7) is 1.80. The van der Waals surface area contributed by atoms with Gasteiger partial charge in [0.05, 0.1) is 10.7 Å². The van der Waals surface area contributed by atoms with Gasteiger partial charge in [0.2, 0.25) is 10.0 Å². The van der Waals surface area contributed by atoms with E-state index in [1.54, 1.807) is 14.0 Å². The molecule has 1 atom stereocenters. The SMILES string of the molecule is CC(CC(N)=S)N(C)S(=O)(=O)CCc1ccccc1. The Kier molecular flexibility index (Phi) is 5.90. The molecule has 1 aromatic rings. The summed E-state index contributed by atoms with van der Waals surface area (Å²) in [5.41, 5.74) is 6.46. The van der Waals surface area contributed by atoms with E-state index in [9.17, 15) is 8.42 Å². The van der Waals surface area contributed by atoms with Gasteiger partial charge in [-0.3, -0.25) is 0 Å². The zero-order valence-electron chi connectivity index (χ0n) is 11.2. The number of rotatable bonds is 7. The van der Waals surface area contributed by atoms with Gasteiger partial charge < -0.3 is 5.73 Å². The Balaban J connectivity index is 2.63. The summed E-state index contributed by atoms with van der Waals surface area (Å²) in [6.07, 6.45) is 0.906. The lowest BCUT2D eigenvalue weighted by atomic mass is 10.2. The number of nitrogens with two attached hydrogens (primary N) is 1. The van der Waals surface area contributed by atoms with E-state index in [2.05, 4.69) is 0 Å². The second-order valence-corrected chi connectivity index (χ2v) is 7.26. The first-order valence-corrected chi connectivity index (χ1v) is 8.12. The minimum Gasteiger partial charge on any atom is -0.393 e. The Morgan fingerprint density at radius 3 is 2.47 bits per heavy atom. The molecule has 1 aromatic carbocycles. The fourth-order valence-electron chi connectivity index (χ4n) is 1.73. The van der Waals surface area contributed by atoms with Crippen LogP contribution in [0.3, 0.4) is 0 Å². The van der Waals surface area contributed by atoms with Crippen LogP contribution in [0.2, 0.25) is 0 Å². The molecule has 0 heterocycles. The van der Waals surface area contributed by atoms with Crippen molar-refractivity contribution in [3.05, 3.63) is 35.9 Å². The van der Waals surface area contributed by atoms with Crippen LogP contribution < -0.4 is 5.73 Å². The predicted molar refractivity (Wildman–Crippen MR) is 82.6 cm³/mol. The molecule has 0 aliphatic rings. The number of sulfonamides is 1. The van der Waals surface area contributed by atoms with Crippen LogP contribution >= 0.6 is 12.2 Å². The first-order valence-electron chi connectivity index (χ1n) is 6.11. The first-order chi connectivity index (χ1) is 8.83. The molecule has 0 saturated carbocycles. The highest BCUT2D eigenvalue weighted by Gasteiger charge is 2.23. The average molecular weight is 300 g/mol. The predicted octanol–water partition coefficient (Wildman–Crippen LogP) is 1.56. The Hall–Kier alpha value is -0.980. The molecule has 0 fully saturated rings. The van der Waals surface area contributed by atoms with Crippen LogP contribution in [-0.4, -0.2) is 36.6 Å². The molecule has 106 valence electrons. The summed E-state index contributed by atoms with van der Waals surface area (Å²) < 4.78 is 25.7. The fraction of sp³-hybridized carbons (Fsp3) is 0.462. The van der Waals surface area contributed by atoms with Crippen molar-refractivity contribution in [2.45, 2.75) is 25.8 Å². The van der Waals surface area contributed by atoms with E-state index in [0.29, 0.717) is 17.8 Å². The lowest BCUT2D eigenvalue weighted by molar-refractivity contribution is 0.397. The number of hydrogen-bond donors (Lipinski definition) is 1. The van der Waals surface area contributed by atoms with Gasteiger partial charge in [-0.2, -0.15) is 0 Å². The minimum absolute atomic E-state index is 0.0924. The van der Waals surface area contributed by atoms with Crippen molar-refractivity contribution < 1.29 is 8.42 Å². The third-order valence-corrected chi connectivity index (χ3v) is 5.17. The Bertz CT molecular complexity index is 515. The molecule has 0 aliphatic carbocycles. The third kappa shape index (κ3) is 5.26. The molecule has 0 aromatic heterocycles. The zero-order chi connectivity index (χ0) is 14.5. The summed E-state index contributed by atoms with van der Waals surface area (Å²) in [4.78, 5) is 0.331. The molecular formula is C13H20N2O2S2. The number of benzene rings is 1. The zero-order valence-corrected chi connectivity index (χ0v) is 12.9. The second kappa shape index (κ2) is 6.98. The monoisotopic (exact) mass is 300 g/mol. The van der Waals surface area contributed by atoms with Gasteiger partial charge >= 0.3 is 0 Å². The molecule has 0 spiro atoms. The molecule has 19 heavy (non-hydrogen) atoms.